The number of hydrogen-bond acceptors (Lipinski definition) is 9. The molecular formula is C21H25N9O3. The highest BCUT2D eigenvalue weighted by molar-refractivity contribution is 5.72. The van der Waals surface area contributed by atoms with Crippen LogP contribution < -0.4 is 10.1 Å². The summed E-state index contributed by atoms with van der Waals surface area (Å²) in [5, 5.41) is 23.4. The van der Waals surface area contributed by atoms with E-state index in [4.69, 9.17) is 14.2 Å². The summed E-state index contributed by atoms with van der Waals surface area (Å²) in [5.41, 5.74) is 2.62. The van der Waals surface area contributed by atoms with Gasteiger partial charge < -0.3 is 19.5 Å². The number of hydrogen-bond donors (Lipinski definition) is 2. The first-order valence-corrected chi connectivity index (χ1v) is 10.9. The molecule has 2 aliphatic rings. The van der Waals surface area contributed by atoms with Crippen LogP contribution in [0.25, 0.3) is 5.52 Å². The number of aromatic amines is 1. The number of aromatic nitrogens is 8. The van der Waals surface area contributed by atoms with Gasteiger partial charge in [-0.3, -0.25) is 9.67 Å². The summed E-state index contributed by atoms with van der Waals surface area (Å²) in [4.78, 5) is 4.44. The fraction of sp³-hybridized carbons (Fsp3) is 0.476. The summed E-state index contributed by atoms with van der Waals surface area (Å²) in [5.74, 6) is 1.31. The van der Waals surface area contributed by atoms with Crippen LogP contribution in [-0.4, -0.2) is 59.4 Å². The Bertz CT molecular complexity index is 1270. The number of fused-ring (bicyclic) bond motifs is 1. The molecule has 0 unspecified atom stereocenters. The first-order chi connectivity index (χ1) is 16.1. The van der Waals surface area contributed by atoms with Gasteiger partial charge in [0.2, 0.25) is 0 Å². The van der Waals surface area contributed by atoms with Crippen LogP contribution in [0.2, 0.25) is 0 Å². The van der Waals surface area contributed by atoms with Crippen LogP contribution >= 0.6 is 0 Å². The van der Waals surface area contributed by atoms with Gasteiger partial charge in [-0.15, -0.1) is 5.10 Å². The van der Waals surface area contributed by atoms with Gasteiger partial charge >= 0.3 is 6.01 Å². The van der Waals surface area contributed by atoms with Crippen molar-refractivity contribution in [1.29, 1.82) is 0 Å². The largest absolute Gasteiger partial charge is 0.458 e. The second kappa shape index (κ2) is 7.81. The lowest BCUT2D eigenvalue weighted by Gasteiger charge is -2.16. The Labute approximate surface area is 189 Å². The number of nitrogens with zero attached hydrogens (tertiary/aromatic N) is 7. The van der Waals surface area contributed by atoms with Crippen molar-refractivity contribution in [2.24, 2.45) is 0 Å². The first kappa shape index (κ1) is 20.1. The Balaban J connectivity index is 1.13. The maximum Gasteiger partial charge on any atom is 0.317 e. The van der Waals surface area contributed by atoms with E-state index in [1.165, 1.54) is 0 Å². The molecule has 12 nitrogen and oxygen atoms in total. The normalized spacial score (nSPS) is 21.5. The molecule has 1 aliphatic carbocycles. The van der Waals surface area contributed by atoms with Crippen molar-refractivity contribution >= 4 is 17.2 Å². The van der Waals surface area contributed by atoms with Crippen molar-refractivity contribution < 1.29 is 14.2 Å². The summed E-state index contributed by atoms with van der Waals surface area (Å²) >= 11 is 0. The van der Waals surface area contributed by atoms with E-state index in [1.807, 2.05) is 16.7 Å². The van der Waals surface area contributed by atoms with Crippen molar-refractivity contribution in [3.63, 3.8) is 0 Å². The Morgan fingerprint density at radius 2 is 2.24 bits per heavy atom. The number of ether oxygens (including phenoxy) is 3. The van der Waals surface area contributed by atoms with Gasteiger partial charge in [0.15, 0.2) is 11.6 Å². The Kier molecular flexibility index (Phi) is 4.76. The highest BCUT2D eigenvalue weighted by Crippen LogP contribution is 2.45. The van der Waals surface area contributed by atoms with Crippen LogP contribution in [0.1, 0.15) is 43.7 Å². The van der Waals surface area contributed by atoms with Crippen LogP contribution in [0, 0.1) is 0 Å². The topological polar surface area (TPSA) is 129 Å². The summed E-state index contributed by atoms with van der Waals surface area (Å²) in [6.45, 7) is 3.11. The maximum atomic E-state index is 6.12. The van der Waals surface area contributed by atoms with Gasteiger partial charge in [-0.1, -0.05) is 5.10 Å². The maximum absolute atomic E-state index is 6.12. The molecule has 4 aromatic heterocycles. The van der Waals surface area contributed by atoms with Crippen LogP contribution in [0.5, 0.6) is 6.01 Å². The molecule has 2 fully saturated rings. The lowest BCUT2D eigenvalue weighted by atomic mass is 10.1. The number of H-pyrrole nitrogens is 1. The molecule has 12 heteroatoms. The second-order valence-corrected chi connectivity index (χ2v) is 8.79. The highest BCUT2D eigenvalue weighted by atomic mass is 16.6. The molecule has 33 heavy (non-hydrogen) atoms. The summed E-state index contributed by atoms with van der Waals surface area (Å²) in [7, 11) is 1.64. The van der Waals surface area contributed by atoms with Crippen LogP contribution in [0.3, 0.4) is 0 Å². The zero-order chi connectivity index (χ0) is 22.4. The van der Waals surface area contributed by atoms with Crippen LogP contribution in [0.4, 0.5) is 11.6 Å². The fourth-order valence-corrected chi connectivity index (χ4v) is 4.12. The van der Waals surface area contributed by atoms with Crippen molar-refractivity contribution in [3.8, 4) is 6.01 Å². The van der Waals surface area contributed by atoms with E-state index in [9.17, 15) is 0 Å². The first-order valence-electron chi connectivity index (χ1n) is 10.9. The van der Waals surface area contributed by atoms with Crippen molar-refractivity contribution in [1.82, 2.24) is 39.6 Å². The average molecular weight is 451 g/mol. The minimum absolute atomic E-state index is 0.0817. The van der Waals surface area contributed by atoms with Crippen molar-refractivity contribution in [2.75, 3.05) is 19.0 Å². The third-order valence-corrected chi connectivity index (χ3v) is 6.23. The Morgan fingerprint density at radius 3 is 3.09 bits per heavy atom. The van der Waals surface area contributed by atoms with Crippen molar-refractivity contribution in [2.45, 2.75) is 50.5 Å². The van der Waals surface area contributed by atoms with Gasteiger partial charge in [-0.25, -0.2) is 9.50 Å². The quantitative estimate of drug-likeness (QED) is 0.415. The zero-order valence-electron chi connectivity index (χ0n) is 18.4. The standard InChI is InChI=1S/C21H25N9O3/c1-21(3-4-21)29-12-23-27-20(29)33-14-8-17(32-11-14)15-9-18(26-25-15)24-19-16-7-13(10-31-2)28-30(16)6-5-22-19/h5-7,9,12,14,17H,3-4,8,10-11H2,1-2H3,(H2,22,24,25,26)/t14-,17-/m0/s1. The molecule has 2 atom stereocenters. The van der Waals surface area contributed by atoms with E-state index >= 15 is 0 Å². The number of rotatable bonds is 8. The number of anilines is 2. The second-order valence-electron chi connectivity index (χ2n) is 8.79. The molecule has 2 N–H and O–H groups in total. The van der Waals surface area contributed by atoms with Gasteiger partial charge in [-0.05, 0) is 25.8 Å². The molecule has 0 radical (unpaired) electrons. The predicted octanol–water partition coefficient (Wildman–Crippen LogP) is 2.35. The van der Waals surface area contributed by atoms with Gasteiger partial charge in [0.05, 0.1) is 24.6 Å². The van der Waals surface area contributed by atoms with Crippen LogP contribution in [-0.2, 0) is 21.6 Å². The average Bonchev–Trinajstić information content (AvgIpc) is 3.34. The molecule has 0 bridgehead atoms. The van der Waals surface area contributed by atoms with Gasteiger partial charge in [0.1, 0.15) is 24.1 Å². The minimum atomic E-state index is -0.141. The Hall–Kier alpha value is -3.51. The third-order valence-electron chi connectivity index (χ3n) is 6.23. The van der Waals surface area contributed by atoms with Gasteiger partial charge in [0.25, 0.3) is 0 Å². The van der Waals surface area contributed by atoms with E-state index < -0.39 is 0 Å². The molecule has 0 spiro atoms. The molecule has 1 saturated carbocycles. The Morgan fingerprint density at radius 1 is 1.33 bits per heavy atom. The molecule has 0 aromatic carbocycles. The SMILES string of the molecule is COCc1cc2c(Nc3cc([C@@H]4C[C@H](Oc5nncn5C5(C)CC5)CO4)[nH]n3)nccn2n1. The van der Waals surface area contributed by atoms with E-state index in [-0.39, 0.29) is 17.7 Å². The molecule has 6 rings (SSSR count). The monoisotopic (exact) mass is 451 g/mol. The zero-order valence-corrected chi connectivity index (χ0v) is 18.4. The minimum Gasteiger partial charge on any atom is -0.458 e. The molecule has 4 aromatic rings. The third kappa shape index (κ3) is 3.80. The smallest absolute Gasteiger partial charge is 0.317 e. The molecule has 0 amide bonds. The van der Waals surface area contributed by atoms with E-state index in [1.54, 1.807) is 30.3 Å². The van der Waals surface area contributed by atoms with E-state index in [0.29, 0.717) is 37.3 Å². The van der Waals surface area contributed by atoms with Gasteiger partial charge in [0, 0.05) is 37.5 Å². The summed E-state index contributed by atoms with van der Waals surface area (Å²) < 4.78 is 21.1. The predicted molar refractivity (Wildman–Crippen MR) is 116 cm³/mol. The lowest BCUT2D eigenvalue weighted by Crippen LogP contribution is -2.21. The van der Waals surface area contributed by atoms with Gasteiger partial charge in [-0.2, -0.15) is 10.2 Å². The van der Waals surface area contributed by atoms with Crippen LogP contribution in [0.15, 0.2) is 30.9 Å². The number of methoxy groups -OCH3 is 1. The highest BCUT2D eigenvalue weighted by Gasteiger charge is 2.42. The molecule has 5 heterocycles. The lowest BCUT2D eigenvalue weighted by molar-refractivity contribution is 0.0882. The number of nitrogens with one attached hydrogen (secondary N) is 2. The van der Waals surface area contributed by atoms with E-state index in [2.05, 4.69) is 42.7 Å². The fourth-order valence-electron chi connectivity index (χ4n) is 4.12. The molecule has 172 valence electrons. The molecule has 1 aliphatic heterocycles. The van der Waals surface area contributed by atoms with Crippen molar-refractivity contribution in [3.05, 3.63) is 42.2 Å². The summed E-state index contributed by atoms with van der Waals surface area (Å²) in [6, 6.07) is 4.43. The summed E-state index contributed by atoms with van der Waals surface area (Å²) in [6.07, 6.45) is 7.93. The molecule has 1 saturated heterocycles. The van der Waals surface area contributed by atoms with E-state index in [0.717, 1.165) is 29.7 Å². The molecular weight excluding hydrogens is 426 g/mol.